The third-order valence-corrected chi connectivity index (χ3v) is 6.15. The summed E-state index contributed by atoms with van der Waals surface area (Å²) >= 11 is 0. The summed E-state index contributed by atoms with van der Waals surface area (Å²) in [4.78, 5) is 11.3. The fourth-order valence-electron chi connectivity index (χ4n) is 4.20. The van der Waals surface area contributed by atoms with E-state index in [0.717, 1.165) is 33.9 Å². The summed E-state index contributed by atoms with van der Waals surface area (Å²) in [6.45, 7) is 6.32. The monoisotopic (exact) mass is 500 g/mol. The molecule has 192 valence electrons. The molecule has 37 heavy (non-hydrogen) atoms. The van der Waals surface area contributed by atoms with Gasteiger partial charge in [0.1, 0.15) is 17.2 Å². The zero-order valence-corrected chi connectivity index (χ0v) is 21.8. The molecule has 4 aromatic rings. The van der Waals surface area contributed by atoms with Crippen LogP contribution in [0.15, 0.2) is 72.8 Å². The van der Waals surface area contributed by atoms with E-state index in [4.69, 9.17) is 19.3 Å². The van der Waals surface area contributed by atoms with Crippen molar-refractivity contribution in [1.29, 1.82) is 0 Å². The van der Waals surface area contributed by atoms with Crippen molar-refractivity contribution < 1.29 is 24.1 Å². The van der Waals surface area contributed by atoms with Gasteiger partial charge in [0.05, 0.1) is 32.2 Å². The van der Waals surface area contributed by atoms with Crippen LogP contribution in [0.3, 0.4) is 0 Å². The van der Waals surface area contributed by atoms with Crippen LogP contribution >= 0.6 is 0 Å². The molecule has 1 aromatic heterocycles. The molecule has 3 aromatic carbocycles. The highest BCUT2D eigenvalue weighted by Crippen LogP contribution is 2.38. The molecule has 0 spiro atoms. The molecule has 7 heteroatoms. The van der Waals surface area contributed by atoms with Gasteiger partial charge in [-0.2, -0.15) is 5.10 Å². The lowest BCUT2D eigenvalue weighted by Crippen LogP contribution is -2.13. The zero-order chi connectivity index (χ0) is 26.6. The fourth-order valence-corrected chi connectivity index (χ4v) is 4.20. The number of carboxylic acids is 1. The second-order valence-corrected chi connectivity index (χ2v) is 9.73. The third kappa shape index (κ3) is 5.77. The van der Waals surface area contributed by atoms with Gasteiger partial charge in [0.2, 0.25) is 0 Å². The van der Waals surface area contributed by atoms with E-state index >= 15 is 0 Å². The molecule has 0 amide bonds. The Hall–Kier alpha value is -4.26. The topological polar surface area (TPSA) is 82.8 Å². The number of benzene rings is 3. The molecule has 0 aliphatic rings. The number of methoxy groups -OCH3 is 2. The van der Waals surface area contributed by atoms with Gasteiger partial charge in [-0.1, -0.05) is 57.2 Å². The molecular weight excluding hydrogens is 468 g/mol. The summed E-state index contributed by atoms with van der Waals surface area (Å²) in [6, 6.07) is 23.5. The number of para-hydroxylation sites is 2. The molecule has 0 bridgehead atoms. The fraction of sp³-hybridized carbons (Fsp3) is 0.267. The molecule has 0 atom stereocenters. The standard InChI is InChI=1S/C30H32N2O5/c1-30(2,3)21-14-15-22(28(16-21)37-19-29(33)34)24-17-25(23-11-7-9-13-27(23)36-5)32(31-24)18-20-10-6-8-12-26(20)35-4/h6-17H,18-19H2,1-5H3,(H,33,34). The van der Waals surface area contributed by atoms with E-state index in [0.29, 0.717) is 23.6 Å². The Labute approximate surface area is 217 Å². The Morgan fingerprint density at radius 2 is 1.54 bits per heavy atom. The van der Waals surface area contributed by atoms with Gasteiger partial charge in [-0.25, -0.2) is 4.79 Å². The molecule has 4 rings (SSSR count). The molecule has 0 radical (unpaired) electrons. The van der Waals surface area contributed by atoms with Crippen LogP contribution in [0.5, 0.6) is 17.2 Å². The quantitative estimate of drug-likeness (QED) is 0.302. The van der Waals surface area contributed by atoms with Crippen molar-refractivity contribution in [3.8, 4) is 39.8 Å². The van der Waals surface area contributed by atoms with Crippen molar-refractivity contribution >= 4 is 5.97 Å². The van der Waals surface area contributed by atoms with Crippen molar-refractivity contribution in [2.24, 2.45) is 0 Å². The van der Waals surface area contributed by atoms with Crippen molar-refractivity contribution in [1.82, 2.24) is 9.78 Å². The normalized spacial score (nSPS) is 11.3. The van der Waals surface area contributed by atoms with Gasteiger partial charge >= 0.3 is 5.97 Å². The smallest absolute Gasteiger partial charge is 0.341 e. The lowest BCUT2D eigenvalue weighted by atomic mass is 9.86. The predicted octanol–water partition coefficient (Wildman–Crippen LogP) is 6.04. The molecule has 0 aliphatic heterocycles. The highest BCUT2D eigenvalue weighted by Gasteiger charge is 2.21. The first-order valence-corrected chi connectivity index (χ1v) is 12.0. The van der Waals surface area contributed by atoms with Crippen LogP contribution in [-0.2, 0) is 16.8 Å². The first-order chi connectivity index (χ1) is 17.7. The summed E-state index contributed by atoms with van der Waals surface area (Å²) in [7, 11) is 3.29. The predicted molar refractivity (Wildman–Crippen MR) is 144 cm³/mol. The van der Waals surface area contributed by atoms with Gasteiger partial charge in [0.15, 0.2) is 6.61 Å². The van der Waals surface area contributed by atoms with Gasteiger partial charge in [-0.15, -0.1) is 0 Å². The summed E-state index contributed by atoms with van der Waals surface area (Å²) < 4.78 is 18.9. The van der Waals surface area contributed by atoms with Gasteiger partial charge in [-0.05, 0) is 47.4 Å². The first-order valence-electron chi connectivity index (χ1n) is 12.0. The maximum Gasteiger partial charge on any atom is 0.341 e. The largest absolute Gasteiger partial charge is 0.496 e. The molecule has 7 nitrogen and oxygen atoms in total. The average Bonchev–Trinajstić information content (AvgIpc) is 3.30. The Morgan fingerprint density at radius 1 is 0.865 bits per heavy atom. The third-order valence-electron chi connectivity index (χ3n) is 6.15. The van der Waals surface area contributed by atoms with E-state index in [1.54, 1.807) is 14.2 Å². The average molecular weight is 501 g/mol. The van der Waals surface area contributed by atoms with Crippen LogP contribution in [-0.4, -0.2) is 41.7 Å². The van der Waals surface area contributed by atoms with E-state index in [2.05, 4.69) is 20.8 Å². The number of rotatable bonds is 9. The van der Waals surface area contributed by atoms with Crippen LogP contribution in [0, 0.1) is 0 Å². The number of aromatic nitrogens is 2. The summed E-state index contributed by atoms with van der Waals surface area (Å²) in [5, 5.41) is 14.2. The molecule has 1 heterocycles. The zero-order valence-electron chi connectivity index (χ0n) is 21.8. The van der Waals surface area contributed by atoms with E-state index < -0.39 is 12.6 Å². The second kappa shape index (κ2) is 10.8. The maximum absolute atomic E-state index is 11.3. The number of carbonyl (C=O) groups is 1. The minimum atomic E-state index is -1.04. The van der Waals surface area contributed by atoms with Gasteiger partial charge in [0.25, 0.3) is 0 Å². The summed E-state index contributed by atoms with van der Waals surface area (Å²) in [5.41, 5.74) is 4.99. The Morgan fingerprint density at radius 3 is 2.22 bits per heavy atom. The van der Waals surface area contributed by atoms with Crippen molar-refractivity contribution in [3.05, 3.63) is 83.9 Å². The summed E-state index contributed by atoms with van der Waals surface area (Å²) in [5.74, 6) is 0.929. The maximum atomic E-state index is 11.3. The highest BCUT2D eigenvalue weighted by atomic mass is 16.5. The number of hydrogen-bond acceptors (Lipinski definition) is 5. The molecule has 0 aliphatic carbocycles. The number of aliphatic carboxylic acids is 1. The number of ether oxygens (including phenoxy) is 3. The minimum Gasteiger partial charge on any atom is -0.496 e. The number of hydrogen-bond donors (Lipinski definition) is 1. The van der Waals surface area contributed by atoms with Crippen LogP contribution < -0.4 is 14.2 Å². The Balaban J connectivity index is 1.88. The van der Waals surface area contributed by atoms with Crippen molar-refractivity contribution in [2.45, 2.75) is 32.7 Å². The molecule has 1 N–H and O–H groups in total. The first kappa shape index (κ1) is 25.8. The summed E-state index contributed by atoms with van der Waals surface area (Å²) in [6.07, 6.45) is 0. The van der Waals surface area contributed by atoms with Gasteiger partial charge < -0.3 is 19.3 Å². The van der Waals surface area contributed by atoms with E-state index in [-0.39, 0.29) is 5.41 Å². The number of carboxylic acid groups (broad SMARTS) is 1. The highest BCUT2D eigenvalue weighted by molar-refractivity contribution is 5.76. The van der Waals surface area contributed by atoms with Gasteiger partial charge in [0, 0.05) is 16.7 Å². The lowest BCUT2D eigenvalue weighted by Gasteiger charge is -2.21. The molecule has 0 fully saturated rings. The lowest BCUT2D eigenvalue weighted by molar-refractivity contribution is -0.139. The van der Waals surface area contributed by atoms with E-state index in [1.807, 2.05) is 77.5 Å². The molecule has 0 saturated heterocycles. The SMILES string of the molecule is COc1ccccc1Cn1nc(-c2ccc(C(C)(C)C)cc2OCC(=O)O)cc1-c1ccccc1OC. The van der Waals surface area contributed by atoms with Crippen LogP contribution in [0.4, 0.5) is 0 Å². The molecular formula is C30H32N2O5. The Kier molecular flexibility index (Phi) is 7.53. The van der Waals surface area contributed by atoms with Gasteiger partial charge in [-0.3, -0.25) is 4.68 Å². The minimum absolute atomic E-state index is 0.133. The van der Waals surface area contributed by atoms with Crippen molar-refractivity contribution in [2.75, 3.05) is 20.8 Å². The molecule has 0 saturated carbocycles. The van der Waals surface area contributed by atoms with Crippen molar-refractivity contribution in [3.63, 3.8) is 0 Å². The molecule has 0 unspecified atom stereocenters. The Bertz CT molecular complexity index is 1400. The van der Waals surface area contributed by atoms with E-state index in [1.165, 1.54) is 0 Å². The van der Waals surface area contributed by atoms with Crippen LogP contribution in [0.2, 0.25) is 0 Å². The number of nitrogens with zero attached hydrogens (tertiary/aromatic N) is 2. The van der Waals surface area contributed by atoms with Crippen LogP contribution in [0.1, 0.15) is 31.9 Å². The second-order valence-electron chi connectivity index (χ2n) is 9.73. The van der Waals surface area contributed by atoms with Crippen LogP contribution in [0.25, 0.3) is 22.5 Å². The van der Waals surface area contributed by atoms with E-state index in [9.17, 15) is 9.90 Å².